The molecule has 0 amide bonds. The molecule has 0 saturated heterocycles. The second-order valence-electron chi connectivity index (χ2n) is 6.22. The Balaban J connectivity index is 1.96. The van der Waals surface area contributed by atoms with E-state index in [-0.39, 0.29) is 37.6 Å². The quantitative estimate of drug-likeness (QED) is 0.417. The SMILES string of the molecule is CCCCOc1cnc(Oc2c(Cl)cc(Br)cc2Cl)cc1S(=O)(=O)C1CC1. The Kier molecular flexibility index (Phi) is 6.56. The van der Waals surface area contributed by atoms with Gasteiger partial charge in [0, 0.05) is 10.5 Å². The summed E-state index contributed by atoms with van der Waals surface area (Å²) in [5.74, 6) is 0.544. The maximum atomic E-state index is 12.8. The van der Waals surface area contributed by atoms with Crippen LogP contribution in [0, 0.1) is 0 Å². The summed E-state index contributed by atoms with van der Waals surface area (Å²) in [6, 6.07) is 4.64. The van der Waals surface area contributed by atoms with Crippen molar-refractivity contribution in [1.82, 2.24) is 4.98 Å². The summed E-state index contributed by atoms with van der Waals surface area (Å²) in [7, 11) is -3.49. The van der Waals surface area contributed by atoms with Gasteiger partial charge < -0.3 is 9.47 Å². The molecule has 1 saturated carbocycles. The molecule has 0 atom stereocenters. The molecular formula is C18H18BrCl2NO4S. The van der Waals surface area contributed by atoms with Gasteiger partial charge in [0.25, 0.3) is 0 Å². The number of rotatable bonds is 8. The maximum absolute atomic E-state index is 12.8. The summed E-state index contributed by atoms with van der Waals surface area (Å²) in [6.07, 6.45) is 4.45. The van der Waals surface area contributed by atoms with E-state index in [0.29, 0.717) is 23.9 Å². The van der Waals surface area contributed by atoms with Crippen LogP contribution in [0.25, 0.3) is 0 Å². The first kappa shape index (κ1) is 20.7. The molecule has 3 rings (SSSR count). The molecule has 1 heterocycles. The first-order valence-corrected chi connectivity index (χ1v) is 11.6. The lowest BCUT2D eigenvalue weighted by atomic mass is 10.3. The lowest BCUT2D eigenvalue weighted by Gasteiger charge is -2.14. The fraction of sp³-hybridized carbons (Fsp3) is 0.389. The number of unbranched alkanes of at least 4 members (excludes halogenated alkanes) is 1. The number of ether oxygens (including phenoxy) is 2. The van der Waals surface area contributed by atoms with Crippen molar-refractivity contribution in [2.24, 2.45) is 0 Å². The van der Waals surface area contributed by atoms with E-state index >= 15 is 0 Å². The summed E-state index contributed by atoms with van der Waals surface area (Å²) in [6.45, 7) is 2.46. The van der Waals surface area contributed by atoms with E-state index < -0.39 is 9.84 Å². The molecule has 0 spiro atoms. The van der Waals surface area contributed by atoms with Gasteiger partial charge in [-0.05, 0) is 31.4 Å². The molecule has 0 aliphatic heterocycles. The molecule has 0 bridgehead atoms. The Bertz CT molecular complexity index is 925. The molecule has 2 aromatic rings. The molecule has 1 aliphatic carbocycles. The third-order valence-corrected chi connectivity index (χ3v) is 7.30. The van der Waals surface area contributed by atoms with Crippen molar-refractivity contribution in [2.75, 3.05) is 6.61 Å². The van der Waals surface area contributed by atoms with Crippen molar-refractivity contribution in [2.45, 2.75) is 42.8 Å². The van der Waals surface area contributed by atoms with E-state index in [4.69, 9.17) is 32.7 Å². The van der Waals surface area contributed by atoms with E-state index in [1.165, 1.54) is 12.3 Å². The van der Waals surface area contributed by atoms with Crippen LogP contribution < -0.4 is 9.47 Å². The van der Waals surface area contributed by atoms with E-state index in [0.717, 1.165) is 12.8 Å². The Morgan fingerprint density at radius 1 is 1.22 bits per heavy atom. The van der Waals surface area contributed by atoms with Gasteiger partial charge in [0.1, 0.15) is 4.90 Å². The Hall–Kier alpha value is -1.02. The highest BCUT2D eigenvalue weighted by molar-refractivity contribution is 9.10. The number of nitrogens with zero attached hydrogens (tertiary/aromatic N) is 1. The summed E-state index contributed by atoms with van der Waals surface area (Å²) in [5, 5.41) is 0.193. The molecule has 1 aromatic heterocycles. The normalized spacial score (nSPS) is 14.2. The fourth-order valence-corrected chi connectivity index (χ4v) is 5.47. The van der Waals surface area contributed by atoms with Crippen LogP contribution in [0.3, 0.4) is 0 Å². The van der Waals surface area contributed by atoms with Crippen LogP contribution >= 0.6 is 39.1 Å². The molecule has 5 nitrogen and oxygen atoms in total. The summed E-state index contributed by atoms with van der Waals surface area (Å²) in [4.78, 5) is 4.26. The van der Waals surface area contributed by atoms with Crippen molar-refractivity contribution >= 4 is 49.0 Å². The number of hydrogen-bond donors (Lipinski definition) is 0. The highest BCUT2D eigenvalue weighted by Crippen LogP contribution is 2.41. The van der Waals surface area contributed by atoms with E-state index in [1.807, 2.05) is 6.92 Å². The molecule has 1 aliphatic rings. The number of halogens is 3. The van der Waals surface area contributed by atoms with Gasteiger partial charge in [0.05, 0.1) is 28.1 Å². The van der Waals surface area contributed by atoms with Crippen LogP contribution in [0.4, 0.5) is 0 Å². The average Bonchev–Trinajstić information content (AvgIpc) is 3.44. The number of aromatic nitrogens is 1. The van der Waals surface area contributed by atoms with Gasteiger partial charge in [-0.2, -0.15) is 0 Å². The standard InChI is InChI=1S/C18H18BrCl2NO4S/c1-2-3-6-25-15-10-22-17(9-16(15)27(23,24)12-4-5-12)26-18-13(20)7-11(19)8-14(18)21/h7-10,12H,2-6H2,1H3. The number of sulfone groups is 1. The van der Waals surface area contributed by atoms with E-state index in [9.17, 15) is 8.42 Å². The van der Waals surface area contributed by atoms with Crippen molar-refractivity contribution in [3.05, 3.63) is 38.9 Å². The second kappa shape index (κ2) is 8.55. The van der Waals surface area contributed by atoms with Gasteiger partial charge >= 0.3 is 0 Å². The van der Waals surface area contributed by atoms with Crippen LogP contribution in [-0.2, 0) is 9.84 Å². The van der Waals surface area contributed by atoms with Gasteiger partial charge in [-0.25, -0.2) is 13.4 Å². The van der Waals surface area contributed by atoms with Crippen molar-refractivity contribution in [1.29, 1.82) is 0 Å². The van der Waals surface area contributed by atoms with E-state index in [2.05, 4.69) is 20.9 Å². The van der Waals surface area contributed by atoms with Crippen molar-refractivity contribution < 1.29 is 17.9 Å². The van der Waals surface area contributed by atoms with Gasteiger partial charge in [-0.15, -0.1) is 0 Å². The lowest BCUT2D eigenvalue weighted by molar-refractivity contribution is 0.299. The van der Waals surface area contributed by atoms with Crippen LogP contribution in [0.2, 0.25) is 10.0 Å². The number of pyridine rings is 1. The molecule has 1 aromatic carbocycles. The molecule has 146 valence electrons. The molecule has 0 N–H and O–H groups in total. The first-order valence-electron chi connectivity index (χ1n) is 8.52. The topological polar surface area (TPSA) is 65.5 Å². The summed E-state index contributed by atoms with van der Waals surface area (Å²) >= 11 is 15.7. The number of benzene rings is 1. The highest BCUT2D eigenvalue weighted by atomic mass is 79.9. The smallest absolute Gasteiger partial charge is 0.220 e. The third-order valence-electron chi connectivity index (χ3n) is 4.00. The lowest BCUT2D eigenvalue weighted by Crippen LogP contribution is -2.11. The van der Waals surface area contributed by atoms with Crippen LogP contribution in [0.1, 0.15) is 32.6 Å². The zero-order valence-corrected chi connectivity index (χ0v) is 18.5. The minimum Gasteiger partial charge on any atom is -0.491 e. The largest absolute Gasteiger partial charge is 0.491 e. The summed E-state index contributed by atoms with van der Waals surface area (Å²) in [5.41, 5.74) is 0. The minimum absolute atomic E-state index is 0.0863. The zero-order valence-electron chi connectivity index (χ0n) is 14.5. The Labute approximate surface area is 177 Å². The highest BCUT2D eigenvalue weighted by Gasteiger charge is 2.39. The predicted molar refractivity (Wildman–Crippen MR) is 109 cm³/mol. The second-order valence-corrected chi connectivity index (χ2v) is 10.1. The zero-order chi connectivity index (χ0) is 19.6. The third kappa shape index (κ3) is 4.88. The Morgan fingerprint density at radius 2 is 1.89 bits per heavy atom. The van der Waals surface area contributed by atoms with Gasteiger partial charge in [0.2, 0.25) is 5.88 Å². The van der Waals surface area contributed by atoms with Gasteiger partial charge in [-0.1, -0.05) is 52.5 Å². The predicted octanol–water partition coefficient (Wildman–Crippen LogP) is 6.06. The molecule has 0 unspecified atom stereocenters. The van der Waals surface area contributed by atoms with E-state index in [1.54, 1.807) is 12.1 Å². The molecule has 27 heavy (non-hydrogen) atoms. The van der Waals surface area contributed by atoms with Crippen LogP contribution in [0.15, 0.2) is 33.8 Å². The fourth-order valence-electron chi connectivity index (χ4n) is 2.41. The minimum atomic E-state index is -3.49. The molecular weight excluding hydrogens is 477 g/mol. The summed E-state index contributed by atoms with van der Waals surface area (Å²) < 4.78 is 37.7. The number of hydrogen-bond acceptors (Lipinski definition) is 5. The van der Waals surface area contributed by atoms with Crippen LogP contribution in [-0.4, -0.2) is 25.3 Å². The van der Waals surface area contributed by atoms with Crippen LogP contribution in [0.5, 0.6) is 17.4 Å². The van der Waals surface area contributed by atoms with Gasteiger partial charge in [-0.3, -0.25) is 0 Å². The molecule has 0 radical (unpaired) electrons. The monoisotopic (exact) mass is 493 g/mol. The van der Waals surface area contributed by atoms with Crippen molar-refractivity contribution in [3.8, 4) is 17.4 Å². The first-order chi connectivity index (χ1) is 12.8. The van der Waals surface area contributed by atoms with Gasteiger partial charge in [0.15, 0.2) is 21.3 Å². The maximum Gasteiger partial charge on any atom is 0.220 e. The molecule has 9 heteroatoms. The average molecular weight is 495 g/mol. The molecule has 1 fully saturated rings. The Morgan fingerprint density at radius 3 is 2.48 bits per heavy atom. The van der Waals surface area contributed by atoms with Crippen molar-refractivity contribution in [3.63, 3.8) is 0 Å².